The quantitative estimate of drug-likeness (QED) is 0.712. The number of carbonyl (C=O) groups is 2. The molecule has 9 heteroatoms. The minimum absolute atomic E-state index is 0.00678. The number of hydrogen-bond acceptors (Lipinski definition) is 3. The van der Waals surface area contributed by atoms with Crippen molar-refractivity contribution in [2.75, 3.05) is 18.4 Å². The van der Waals surface area contributed by atoms with E-state index in [2.05, 4.69) is 15.7 Å². The van der Waals surface area contributed by atoms with Crippen LogP contribution in [0.2, 0.25) is 0 Å². The summed E-state index contributed by atoms with van der Waals surface area (Å²) in [6.45, 7) is 1.38. The molecule has 29 heavy (non-hydrogen) atoms. The third-order valence-electron chi connectivity index (χ3n) is 5.88. The summed E-state index contributed by atoms with van der Waals surface area (Å²) in [5.41, 5.74) is 1.91. The van der Waals surface area contributed by atoms with E-state index in [-0.39, 0.29) is 23.4 Å². The summed E-state index contributed by atoms with van der Waals surface area (Å²) >= 11 is 0. The highest BCUT2D eigenvalue weighted by atomic mass is 19.1. The molecule has 1 aliphatic carbocycles. The van der Waals surface area contributed by atoms with Gasteiger partial charge in [0.25, 0.3) is 5.91 Å². The van der Waals surface area contributed by atoms with E-state index in [9.17, 15) is 14.0 Å². The van der Waals surface area contributed by atoms with Crippen LogP contribution in [-0.4, -0.2) is 50.2 Å². The van der Waals surface area contributed by atoms with Crippen LogP contribution >= 0.6 is 0 Å². The fraction of sp³-hybridized carbons (Fsp3) is 0.350. The number of imidazole rings is 1. The number of urea groups is 1. The number of rotatable bonds is 3. The lowest BCUT2D eigenvalue weighted by Crippen LogP contribution is -2.67. The fourth-order valence-corrected chi connectivity index (χ4v) is 4.54. The number of halogens is 1. The molecule has 8 nitrogen and oxygen atoms in total. The molecule has 3 aromatic rings. The first-order valence-electron chi connectivity index (χ1n) is 9.54. The number of aryl methyl sites for hydroxylation is 1. The first-order chi connectivity index (χ1) is 13.9. The number of nitrogens with one attached hydrogen (secondary N) is 2. The van der Waals surface area contributed by atoms with Crippen molar-refractivity contribution in [3.8, 4) is 0 Å². The highest BCUT2D eigenvalue weighted by Crippen LogP contribution is 2.48. The van der Waals surface area contributed by atoms with Crippen LogP contribution in [0, 0.1) is 11.2 Å². The second kappa shape index (κ2) is 6.33. The normalized spacial score (nSPS) is 17.8. The van der Waals surface area contributed by atoms with E-state index in [1.165, 1.54) is 12.1 Å². The summed E-state index contributed by atoms with van der Waals surface area (Å²) in [6, 6.07) is 5.52. The van der Waals surface area contributed by atoms with E-state index in [1.54, 1.807) is 22.8 Å². The summed E-state index contributed by atoms with van der Waals surface area (Å²) in [4.78, 5) is 26.7. The fourth-order valence-electron chi connectivity index (χ4n) is 4.54. The molecule has 2 aromatic heterocycles. The molecule has 2 aliphatic rings. The summed E-state index contributed by atoms with van der Waals surface area (Å²) in [5, 5.41) is 9.79. The van der Waals surface area contributed by atoms with E-state index in [1.807, 2.05) is 28.9 Å². The van der Waals surface area contributed by atoms with Gasteiger partial charge >= 0.3 is 6.03 Å². The summed E-state index contributed by atoms with van der Waals surface area (Å²) < 4.78 is 16.8. The third-order valence-corrected chi connectivity index (χ3v) is 5.88. The molecule has 2 N–H and O–H groups in total. The van der Waals surface area contributed by atoms with Gasteiger partial charge in [0.15, 0.2) is 0 Å². The van der Waals surface area contributed by atoms with Gasteiger partial charge < -0.3 is 20.1 Å². The zero-order chi connectivity index (χ0) is 20.2. The van der Waals surface area contributed by atoms with E-state index >= 15 is 0 Å². The Hall–Kier alpha value is -3.36. The Labute approximate surface area is 166 Å². The molecule has 1 aliphatic heterocycles. The van der Waals surface area contributed by atoms with Gasteiger partial charge in [0, 0.05) is 49.7 Å². The minimum Gasteiger partial charge on any atom is -0.337 e. The Balaban J connectivity index is 1.13. The van der Waals surface area contributed by atoms with Crippen molar-refractivity contribution in [1.29, 1.82) is 0 Å². The second-order valence-electron chi connectivity index (χ2n) is 8.11. The van der Waals surface area contributed by atoms with Gasteiger partial charge in [0.1, 0.15) is 17.0 Å². The molecule has 1 saturated heterocycles. The summed E-state index contributed by atoms with van der Waals surface area (Å²) in [6.07, 6.45) is 6.97. The van der Waals surface area contributed by atoms with Gasteiger partial charge in [-0.05, 0) is 31.0 Å². The van der Waals surface area contributed by atoms with Gasteiger partial charge in [-0.1, -0.05) is 6.07 Å². The smallest absolute Gasteiger partial charge is 0.319 e. The van der Waals surface area contributed by atoms with Gasteiger partial charge in [-0.25, -0.2) is 13.7 Å². The van der Waals surface area contributed by atoms with Crippen molar-refractivity contribution < 1.29 is 14.0 Å². The second-order valence-corrected chi connectivity index (χ2v) is 8.11. The number of benzene rings is 1. The lowest BCUT2D eigenvalue weighted by Gasteiger charge is -2.58. The molecule has 3 heterocycles. The van der Waals surface area contributed by atoms with E-state index in [0.717, 1.165) is 18.5 Å². The Bertz CT molecular complexity index is 1110. The maximum absolute atomic E-state index is 13.2. The lowest BCUT2D eigenvalue weighted by molar-refractivity contribution is -0.0582. The average molecular weight is 396 g/mol. The predicted molar refractivity (Wildman–Crippen MR) is 104 cm³/mol. The Morgan fingerprint density at radius 2 is 2.03 bits per heavy atom. The van der Waals surface area contributed by atoms with Gasteiger partial charge in [-0.2, -0.15) is 5.10 Å². The monoisotopic (exact) mass is 396 g/mol. The zero-order valence-corrected chi connectivity index (χ0v) is 15.9. The van der Waals surface area contributed by atoms with E-state index < -0.39 is 5.82 Å². The van der Waals surface area contributed by atoms with Crippen LogP contribution in [0.25, 0.3) is 5.65 Å². The molecular formula is C20H21FN6O2. The van der Waals surface area contributed by atoms with Crippen LogP contribution in [0.1, 0.15) is 23.2 Å². The van der Waals surface area contributed by atoms with E-state index in [0.29, 0.717) is 24.3 Å². The van der Waals surface area contributed by atoms with E-state index in [4.69, 9.17) is 0 Å². The molecule has 1 spiro atoms. The van der Waals surface area contributed by atoms with Crippen molar-refractivity contribution in [3.63, 3.8) is 0 Å². The molecule has 0 bridgehead atoms. The first kappa shape index (κ1) is 17.7. The minimum atomic E-state index is -0.393. The van der Waals surface area contributed by atoms with Crippen molar-refractivity contribution in [1.82, 2.24) is 24.4 Å². The number of carbonyl (C=O) groups excluding carboxylic acids is 2. The molecule has 0 unspecified atom stereocenters. The molecule has 5 rings (SSSR count). The standard InChI is InChI=1S/C20H21FN6O2/c1-25-5-6-27-17(25)16(10-22-27)18(28)26-11-20(12-26)8-15(9-20)24-19(29)23-14-4-2-3-13(21)7-14/h2-7,10,15H,8-9,11-12H2,1H3,(H2,23,24,29). The molecule has 150 valence electrons. The molecule has 1 aromatic carbocycles. The maximum atomic E-state index is 13.2. The molecule has 3 amide bonds. The van der Waals surface area contributed by atoms with Crippen molar-refractivity contribution in [2.24, 2.45) is 12.5 Å². The number of nitrogens with zero attached hydrogens (tertiary/aromatic N) is 4. The Morgan fingerprint density at radius 3 is 2.79 bits per heavy atom. The highest BCUT2D eigenvalue weighted by molar-refractivity contribution is 6.00. The van der Waals surface area contributed by atoms with Crippen molar-refractivity contribution in [2.45, 2.75) is 18.9 Å². The number of aromatic nitrogens is 3. The largest absolute Gasteiger partial charge is 0.337 e. The van der Waals surface area contributed by atoms with Gasteiger partial charge in [-0.15, -0.1) is 0 Å². The van der Waals surface area contributed by atoms with Crippen LogP contribution in [0.5, 0.6) is 0 Å². The van der Waals surface area contributed by atoms with Gasteiger partial charge in [0.05, 0.1) is 6.20 Å². The van der Waals surface area contributed by atoms with Crippen LogP contribution in [0.3, 0.4) is 0 Å². The average Bonchev–Trinajstić information content (AvgIpc) is 3.18. The van der Waals surface area contributed by atoms with Gasteiger partial charge in [0.2, 0.25) is 0 Å². The van der Waals surface area contributed by atoms with Crippen LogP contribution in [0.4, 0.5) is 14.9 Å². The molecule has 0 radical (unpaired) electrons. The van der Waals surface area contributed by atoms with Crippen molar-refractivity contribution in [3.05, 3.63) is 54.2 Å². The lowest BCUT2D eigenvalue weighted by atomic mass is 9.60. The number of anilines is 1. The number of fused-ring (bicyclic) bond motifs is 1. The predicted octanol–water partition coefficient (Wildman–Crippen LogP) is 2.24. The summed E-state index contributed by atoms with van der Waals surface area (Å²) in [5.74, 6) is -0.400. The number of amides is 3. The van der Waals surface area contributed by atoms with Crippen LogP contribution in [0.15, 0.2) is 42.9 Å². The van der Waals surface area contributed by atoms with Crippen LogP contribution in [-0.2, 0) is 7.05 Å². The van der Waals surface area contributed by atoms with Crippen LogP contribution < -0.4 is 10.6 Å². The summed E-state index contributed by atoms with van der Waals surface area (Å²) in [7, 11) is 1.89. The molecular weight excluding hydrogens is 375 g/mol. The first-order valence-corrected chi connectivity index (χ1v) is 9.54. The van der Waals surface area contributed by atoms with Crippen molar-refractivity contribution >= 4 is 23.3 Å². The number of hydrogen-bond donors (Lipinski definition) is 2. The Kier molecular flexibility index (Phi) is 3.87. The highest BCUT2D eigenvalue weighted by Gasteiger charge is 2.54. The van der Waals surface area contributed by atoms with Gasteiger partial charge in [-0.3, -0.25) is 4.79 Å². The topological polar surface area (TPSA) is 83.7 Å². The molecule has 2 fully saturated rings. The molecule has 1 saturated carbocycles. The zero-order valence-electron chi connectivity index (χ0n) is 15.9. The Morgan fingerprint density at radius 1 is 1.24 bits per heavy atom. The molecule has 0 atom stereocenters. The maximum Gasteiger partial charge on any atom is 0.319 e. The SMILES string of the molecule is Cn1ccn2ncc(C(=O)N3CC4(CC(NC(=O)Nc5cccc(F)c5)C4)C3)c12. The third kappa shape index (κ3) is 3.02. The number of likely N-dealkylation sites (tertiary alicyclic amines) is 1.